The maximum Gasteiger partial charge on any atom is 0.274 e. The lowest BCUT2D eigenvalue weighted by atomic mass is 9.91. The minimum Gasteiger partial charge on any atom is -0.472 e. The molecule has 0 spiro atoms. The molecule has 2 aromatic heterocycles. The molecule has 294 valence electrons. The summed E-state index contributed by atoms with van der Waals surface area (Å²) in [6.45, 7) is 3.14. The van der Waals surface area contributed by atoms with Crippen LogP contribution in [0.1, 0.15) is 87.4 Å². The molecule has 2 aromatic carbocycles. The van der Waals surface area contributed by atoms with E-state index in [-0.39, 0.29) is 55.1 Å². The molecule has 8 rings (SSSR count). The average molecular weight is 786 g/mol. The number of nitrogens with one attached hydrogen (secondary N) is 2. The van der Waals surface area contributed by atoms with Crippen LogP contribution in [0, 0.1) is 24.1 Å². The molecule has 2 saturated carbocycles. The van der Waals surface area contributed by atoms with E-state index in [0.29, 0.717) is 42.3 Å². The van der Waals surface area contributed by atoms with E-state index in [1.54, 1.807) is 32.0 Å². The number of halogens is 1. The quantitative estimate of drug-likeness (QED) is 0.181. The number of hydrogen-bond acceptors (Lipinski definition) is 10. The maximum atomic E-state index is 15.5. The second-order valence-corrected chi connectivity index (χ2v) is 18.2. The number of para-hydroxylation sites is 1. The highest BCUT2D eigenvalue weighted by atomic mass is 32.2. The van der Waals surface area contributed by atoms with Crippen molar-refractivity contribution in [3.8, 4) is 5.88 Å². The van der Waals surface area contributed by atoms with Gasteiger partial charge in [0.1, 0.15) is 23.7 Å². The Morgan fingerprint density at radius 1 is 1.05 bits per heavy atom. The van der Waals surface area contributed by atoms with Crippen LogP contribution in [0.25, 0.3) is 21.7 Å². The van der Waals surface area contributed by atoms with Gasteiger partial charge in [0.05, 0.1) is 33.7 Å². The number of amides is 3. The van der Waals surface area contributed by atoms with Gasteiger partial charge in [-0.1, -0.05) is 60.5 Å². The van der Waals surface area contributed by atoms with Gasteiger partial charge in [-0.25, -0.2) is 17.8 Å². The molecule has 1 saturated heterocycles. The van der Waals surface area contributed by atoms with Crippen molar-refractivity contribution in [1.29, 1.82) is 0 Å². The predicted molar refractivity (Wildman–Crippen MR) is 203 cm³/mol. The standard InChI is InChI=1S/C41H44FN5O8S/c1-24-19-32(45-55-24)36(49)43-31-16-7-5-3-4-6-11-25-21-41(25,39(51)46-56(52,53)40(2)17-18-40)22-34(48)33-20-26(23-47(33)38(31)50)54-37-35-28(13-10-14-29(35)42)27-12-8-9-15-30(27)44-37/h6,8-15,19,25-26,31,33H,3-5,7,16-18,20-23H2,1-2H3,(H,43,49)(H,46,51)/b11-6-/t25-,26-,31+,33+,41-/m1/s1. The third-order valence-electron chi connectivity index (χ3n) is 11.9. The number of Topliss-reactive ketones (excluding diaryl/α,β-unsaturated/α-hetero) is 1. The van der Waals surface area contributed by atoms with Crippen LogP contribution < -0.4 is 14.8 Å². The van der Waals surface area contributed by atoms with E-state index in [1.165, 1.54) is 17.0 Å². The molecule has 4 aromatic rings. The summed E-state index contributed by atoms with van der Waals surface area (Å²) in [6, 6.07) is 11.3. The number of benzene rings is 2. The number of ketones is 1. The first-order valence-corrected chi connectivity index (χ1v) is 20.7. The lowest BCUT2D eigenvalue weighted by molar-refractivity contribution is -0.140. The number of pyridine rings is 1. The van der Waals surface area contributed by atoms with Crippen molar-refractivity contribution in [2.45, 2.75) is 101 Å². The smallest absolute Gasteiger partial charge is 0.274 e. The fourth-order valence-corrected chi connectivity index (χ4v) is 9.50. The summed E-state index contributed by atoms with van der Waals surface area (Å²) in [4.78, 5) is 62.6. The van der Waals surface area contributed by atoms with Crippen molar-refractivity contribution >= 4 is 55.2 Å². The highest BCUT2D eigenvalue weighted by Crippen LogP contribution is 2.57. The third-order valence-corrected chi connectivity index (χ3v) is 14.1. The van der Waals surface area contributed by atoms with Crippen LogP contribution in [-0.2, 0) is 24.4 Å². The topological polar surface area (TPSA) is 178 Å². The van der Waals surface area contributed by atoms with Crippen LogP contribution in [-0.4, -0.2) is 76.4 Å². The summed E-state index contributed by atoms with van der Waals surface area (Å²) in [5.74, 6) is -2.78. The van der Waals surface area contributed by atoms with E-state index in [1.807, 2.05) is 30.4 Å². The van der Waals surface area contributed by atoms with Gasteiger partial charge in [0.25, 0.3) is 5.91 Å². The van der Waals surface area contributed by atoms with Crippen molar-refractivity contribution in [2.75, 3.05) is 6.54 Å². The largest absolute Gasteiger partial charge is 0.472 e. The fraction of sp³-hybridized carbons (Fsp3) is 0.463. The number of nitrogens with zero attached hydrogens (tertiary/aromatic N) is 3. The van der Waals surface area contributed by atoms with Gasteiger partial charge in [-0.3, -0.25) is 23.9 Å². The van der Waals surface area contributed by atoms with E-state index in [9.17, 15) is 27.6 Å². The van der Waals surface area contributed by atoms with Crippen molar-refractivity contribution in [3.05, 3.63) is 78.0 Å². The predicted octanol–water partition coefficient (Wildman–Crippen LogP) is 5.45. The van der Waals surface area contributed by atoms with Gasteiger partial charge >= 0.3 is 0 Å². The van der Waals surface area contributed by atoms with Gasteiger partial charge in [0.15, 0.2) is 11.5 Å². The number of carbonyl (C=O) groups is 4. The number of aromatic nitrogens is 2. The molecule has 13 nitrogen and oxygen atoms in total. The van der Waals surface area contributed by atoms with Crippen LogP contribution >= 0.6 is 0 Å². The van der Waals surface area contributed by atoms with Gasteiger partial charge in [-0.05, 0) is 75.8 Å². The molecule has 4 aliphatic rings. The number of fused-ring (bicyclic) bond motifs is 5. The van der Waals surface area contributed by atoms with Crippen molar-refractivity contribution < 1.29 is 41.2 Å². The Morgan fingerprint density at radius 3 is 2.61 bits per heavy atom. The second kappa shape index (κ2) is 14.4. The van der Waals surface area contributed by atoms with E-state index in [2.05, 4.69) is 20.2 Å². The maximum absolute atomic E-state index is 15.5. The fourth-order valence-electron chi connectivity index (χ4n) is 8.17. The molecule has 5 atom stereocenters. The molecule has 56 heavy (non-hydrogen) atoms. The molecular formula is C41H44FN5O8S. The van der Waals surface area contributed by atoms with E-state index < -0.39 is 67.7 Å². The molecule has 4 heterocycles. The monoisotopic (exact) mass is 785 g/mol. The second-order valence-electron chi connectivity index (χ2n) is 16.0. The normalized spacial score (nSPS) is 27.1. The molecule has 2 N–H and O–H groups in total. The highest BCUT2D eigenvalue weighted by Gasteiger charge is 2.62. The summed E-state index contributed by atoms with van der Waals surface area (Å²) in [6.07, 6.45) is 6.92. The van der Waals surface area contributed by atoms with Gasteiger partial charge in [-0.15, -0.1) is 0 Å². The van der Waals surface area contributed by atoms with Gasteiger partial charge in [-0.2, -0.15) is 0 Å². The molecule has 3 fully saturated rings. The zero-order valence-electron chi connectivity index (χ0n) is 31.3. The lowest BCUT2D eigenvalue weighted by Gasteiger charge is -2.29. The Morgan fingerprint density at radius 2 is 1.84 bits per heavy atom. The third kappa shape index (κ3) is 7.05. The first kappa shape index (κ1) is 37.7. The van der Waals surface area contributed by atoms with E-state index >= 15 is 4.39 Å². The molecule has 0 unspecified atom stereocenters. The van der Waals surface area contributed by atoms with Crippen LogP contribution in [0.4, 0.5) is 4.39 Å². The number of rotatable bonds is 7. The van der Waals surface area contributed by atoms with Crippen LogP contribution in [0.5, 0.6) is 5.88 Å². The molecule has 15 heteroatoms. The number of aryl methyl sites for hydroxylation is 1. The SMILES string of the molecule is Cc1cc(C(=O)N[C@H]2CCCCC/C=C\[C@@H]3C[C@@]3(C(=O)NS(=O)(=O)C3(C)CC3)CC(=O)[C@@H]3C[C@@H](Oc4nc5ccccc5c5cccc(F)c45)CN3C2=O)no1. The summed E-state index contributed by atoms with van der Waals surface area (Å²) >= 11 is 0. The Labute approximate surface area is 323 Å². The number of sulfonamides is 1. The summed E-state index contributed by atoms with van der Waals surface area (Å²) in [7, 11) is -3.99. The Balaban J connectivity index is 1.14. The molecule has 0 radical (unpaired) electrons. The summed E-state index contributed by atoms with van der Waals surface area (Å²) < 4.78 is 54.7. The molecule has 2 aliphatic heterocycles. The lowest BCUT2D eigenvalue weighted by Crippen LogP contribution is -2.52. The van der Waals surface area contributed by atoms with Gasteiger partial charge in [0.2, 0.25) is 27.7 Å². The van der Waals surface area contributed by atoms with E-state index in [4.69, 9.17) is 9.26 Å². The van der Waals surface area contributed by atoms with Crippen LogP contribution in [0.3, 0.4) is 0 Å². The number of allylic oxidation sites excluding steroid dienone is 2. The Bertz CT molecular complexity index is 2390. The first-order valence-electron chi connectivity index (χ1n) is 19.2. The Hall–Kier alpha value is -5.18. The zero-order valence-corrected chi connectivity index (χ0v) is 32.1. The number of carbonyl (C=O) groups excluding carboxylic acids is 4. The number of ether oxygens (including phenoxy) is 1. The number of hydrogen-bond donors (Lipinski definition) is 2. The molecule has 3 amide bonds. The van der Waals surface area contributed by atoms with Crippen molar-refractivity contribution in [2.24, 2.45) is 11.3 Å². The minimum atomic E-state index is -3.99. The molecule has 0 bridgehead atoms. The molecular weight excluding hydrogens is 742 g/mol. The average Bonchev–Trinajstić information content (AvgIpc) is 3.97. The zero-order chi connectivity index (χ0) is 39.4. The van der Waals surface area contributed by atoms with E-state index in [0.717, 1.165) is 18.2 Å². The van der Waals surface area contributed by atoms with Crippen molar-refractivity contribution in [3.63, 3.8) is 0 Å². The van der Waals surface area contributed by atoms with Crippen molar-refractivity contribution in [1.82, 2.24) is 25.1 Å². The highest BCUT2D eigenvalue weighted by molar-refractivity contribution is 7.91. The summed E-state index contributed by atoms with van der Waals surface area (Å²) in [5.41, 5.74) is -0.745. The summed E-state index contributed by atoms with van der Waals surface area (Å²) in [5, 5.41) is 8.10. The Kier molecular flexibility index (Phi) is 9.70. The van der Waals surface area contributed by atoms with Crippen LogP contribution in [0.15, 0.2) is 65.2 Å². The van der Waals surface area contributed by atoms with Gasteiger partial charge < -0.3 is 19.5 Å². The van der Waals surface area contributed by atoms with Crippen LogP contribution in [0.2, 0.25) is 0 Å². The first-order chi connectivity index (χ1) is 26.8. The van der Waals surface area contributed by atoms with Gasteiger partial charge in [0, 0.05) is 24.3 Å². The molecule has 2 aliphatic carbocycles. The minimum absolute atomic E-state index is 0.00519.